The number of nitrogens with one attached hydrogen (secondary N) is 1. The van der Waals surface area contributed by atoms with E-state index in [4.69, 9.17) is 4.74 Å². The number of hydrogen-bond donors (Lipinski definition) is 2. The zero-order chi connectivity index (χ0) is 14.0. The van der Waals surface area contributed by atoms with Gasteiger partial charge in [0.1, 0.15) is 0 Å². The second-order valence-corrected chi connectivity index (χ2v) is 4.50. The number of carbonyl (C=O) groups excluding carboxylic acids is 2. The summed E-state index contributed by atoms with van der Waals surface area (Å²) in [5, 5.41) is 12.2. The lowest BCUT2D eigenvalue weighted by atomic mass is 10.1. The molecule has 0 saturated heterocycles. The SMILES string of the molecule is COCC(O)CN(C)c1ccc2c(c1)NC(=O)C2=O. The van der Waals surface area contributed by atoms with Crippen molar-refractivity contribution in [1.82, 2.24) is 0 Å². The molecule has 1 aromatic carbocycles. The summed E-state index contributed by atoms with van der Waals surface area (Å²) in [4.78, 5) is 24.5. The van der Waals surface area contributed by atoms with E-state index >= 15 is 0 Å². The number of rotatable bonds is 5. The molecule has 1 aromatic rings. The van der Waals surface area contributed by atoms with E-state index in [1.807, 2.05) is 11.9 Å². The number of likely N-dealkylation sites (N-methyl/N-ethyl adjacent to an activating group) is 1. The fourth-order valence-corrected chi connectivity index (χ4v) is 2.04. The minimum atomic E-state index is -0.603. The molecule has 0 saturated carbocycles. The van der Waals surface area contributed by atoms with Crippen molar-refractivity contribution in [1.29, 1.82) is 0 Å². The van der Waals surface area contributed by atoms with Crippen LogP contribution in [0, 0.1) is 0 Å². The first-order valence-corrected chi connectivity index (χ1v) is 5.90. The average molecular weight is 264 g/mol. The van der Waals surface area contributed by atoms with Gasteiger partial charge < -0.3 is 20.1 Å². The molecule has 0 bridgehead atoms. The first kappa shape index (κ1) is 13.5. The topological polar surface area (TPSA) is 78.9 Å². The number of aliphatic hydroxyl groups excluding tert-OH is 1. The van der Waals surface area contributed by atoms with Gasteiger partial charge in [-0.05, 0) is 18.2 Å². The molecule has 0 aromatic heterocycles. The van der Waals surface area contributed by atoms with Gasteiger partial charge in [0.15, 0.2) is 0 Å². The monoisotopic (exact) mass is 264 g/mol. The molecule has 0 radical (unpaired) electrons. The van der Waals surface area contributed by atoms with Gasteiger partial charge in [-0.2, -0.15) is 0 Å². The third-order valence-corrected chi connectivity index (χ3v) is 2.99. The Balaban J connectivity index is 2.13. The largest absolute Gasteiger partial charge is 0.389 e. The van der Waals surface area contributed by atoms with E-state index < -0.39 is 17.8 Å². The highest BCUT2D eigenvalue weighted by molar-refractivity contribution is 6.51. The molecule has 0 fully saturated rings. The average Bonchev–Trinajstić information content (AvgIpc) is 2.65. The zero-order valence-corrected chi connectivity index (χ0v) is 10.8. The van der Waals surface area contributed by atoms with Crippen molar-refractivity contribution in [2.24, 2.45) is 0 Å². The number of methoxy groups -OCH3 is 1. The van der Waals surface area contributed by atoms with Crippen LogP contribution in [0.15, 0.2) is 18.2 Å². The number of benzene rings is 1. The number of aliphatic hydroxyl groups is 1. The predicted octanol–water partition coefficient (Wildman–Crippen LogP) is 0.265. The molecule has 1 amide bonds. The van der Waals surface area contributed by atoms with E-state index in [9.17, 15) is 14.7 Å². The van der Waals surface area contributed by atoms with Gasteiger partial charge in [-0.1, -0.05) is 0 Å². The highest BCUT2D eigenvalue weighted by Crippen LogP contribution is 2.27. The van der Waals surface area contributed by atoms with Crippen LogP contribution >= 0.6 is 0 Å². The van der Waals surface area contributed by atoms with Crippen LogP contribution in [0.5, 0.6) is 0 Å². The highest BCUT2D eigenvalue weighted by atomic mass is 16.5. The quantitative estimate of drug-likeness (QED) is 0.746. The molecule has 6 nitrogen and oxygen atoms in total. The van der Waals surface area contributed by atoms with Gasteiger partial charge in [-0.25, -0.2) is 0 Å². The Morgan fingerprint density at radius 1 is 1.42 bits per heavy atom. The Bertz CT molecular complexity index is 515. The number of nitrogens with zero attached hydrogens (tertiary/aromatic N) is 1. The molecule has 6 heteroatoms. The molecule has 2 rings (SSSR count). The number of amides is 1. The molecule has 1 aliphatic rings. The summed E-state index contributed by atoms with van der Waals surface area (Å²) in [5.41, 5.74) is 1.71. The summed E-state index contributed by atoms with van der Waals surface area (Å²) >= 11 is 0. The van der Waals surface area contributed by atoms with Crippen LogP contribution in [0.1, 0.15) is 10.4 Å². The van der Waals surface area contributed by atoms with Crippen LogP contribution in [0.4, 0.5) is 11.4 Å². The number of anilines is 2. The Hall–Kier alpha value is -1.92. The Morgan fingerprint density at radius 3 is 2.84 bits per heavy atom. The lowest BCUT2D eigenvalue weighted by Crippen LogP contribution is -2.31. The van der Waals surface area contributed by atoms with Crippen LogP contribution in [0.25, 0.3) is 0 Å². The van der Waals surface area contributed by atoms with E-state index in [-0.39, 0.29) is 6.61 Å². The Morgan fingerprint density at radius 2 is 2.16 bits per heavy atom. The molecule has 2 N–H and O–H groups in total. The molecule has 0 aliphatic carbocycles. The molecular formula is C13H16N2O4. The van der Waals surface area contributed by atoms with Crippen molar-refractivity contribution >= 4 is 23.1 Å². The molecule has 102 valence electrons. The van der Waals surface area contributed by atoms with Gasteiger partial charge in [0.05, 0.1) is 24.0 Å². The Kier molecular flexibility index (Phi) is 3.82. The molecular weight excluding hydrogens is 248 g/mol. The van der Waals surface area contributed by atoms with Crippen LogP contribution in [0.2, 0.25) is 0 Å². The van der Waals surface area contributed by atoms with Crippen LogP contribution in [-0.4, -0.2) is 50.2 Å². The van der Waals surface area contributed by atoms with E-state index in [2.05, 4.69) is 5.32 Å². The third-order valence-electron chi connectivity index (χ3n) is 2.99. The second-order valence-electron chi connectivity index (χ2n) is 4.50. The maximum absolute atomic E-state index is 11.5. The number of ether oxygens (including phenoxy) is 1. The van der Waals surface area contributed by atoms with E-state index in [1.54, 1.807) is 18.2 Å². The zero-order valence-electron chi connectivity index (χ0n) is 10.8. The first-order valence-electron chi connectivity index (χ1n) is 5.90. The van der Waals surface area contributed by atoms with Crippen LogP contribution in [0.3, 0.4) is 0 Å². The molecule has 1 unspecified atom stereocenters. The number of fused-ring (bicyclic) bond motifs is 1. The smallest absolute Gasteiger partial charge is 0.296 e. The summed E-state index contributed by atoms with van der Waals surface area (Å²) in [6.07, 6.45) is -0.598. The highest BCUT2D eigenvalue weighted by Gasteiger charge is 2.28. The standard InChI is InChI=1S/C13H16N2O4/c1-15(6-9(16)7-19-2)8-3-4-10-11(5-8)14-13(18)12(10)17/h3-5,9,16H,6-7H2,1-2H3,(H,14,17,18). The van der Waals surface area contributed by atoms with Gasteiger partial charge >= 0.3 is 0 Å². The maximum atomic E-state index is 11.5. The Labute approximate surface area is 111 Å². The minimum Gasteiger partial charge on any atom is -0.389 e. The number of carbonyl (C=O) groups is 2. The normalized spacial score (nSPS) is 15.1. The van der Waals surface area contributed by atoms with Gasteiger partial charge in [0, 0.05) is 26.4 Å². The fraction of sp³-hybridized carbons (Fsp3) is 0.385. The molecule has 1 atom stereocenters. The predicted molar refractivity (Wildman–Crippen MR) is 70.6 cm³/mol. The van der Waals surface area contributed by atoms with Crippen molar-refractivity contribution in [2.45, 2.75) is 6.10 Å². The summed E-state index contributed by atoms with van der Waals surface area (Å²) in [6, 6.07) is 5.08. The maximum Gasteiger partial charge on any atom is 0.296 e. The van der Waals surface area contributed by atoms with Crippen LogP contribution in [-0.2, 0) is 9.53 Å². The van der Waals surface area contributed by atoms with E-state index in [1.165, 1.54) is 7.11 Å². The molecule has 1 aliphatic heterocycles. The van der Waals surface area contributed by atoms with Gasteiger partial charge in [0.2, 0.25) is 0 Å². The van der Waals surface area contributed by atoms with Crippen molar-refractivity contribution in [2.75, 3.05) is 37.5 Å². The molecule has 0 spiro atoms. The third kappa shape index (κ3) is 2.74. The van der Waals surface area contributed by atoms with Crippen LogP contribution < -0.4 is 10.2 Å². The summed E-state index contributed by atoms with van der Waals surface area (Å²) < 4.78 is 4.86. The van der Waals surface area contributed by atoms with Gasteiger partial charge in [-0.3, -0.25) is 9.59 Å². The molecule has 1 heterocycles. The number of Topliss-reactive ketones (excluding diaryl/α,β-unsaturated/α-hetero) is 1. The van der Waals surface area contributed by atoms with Gasteiger partial charge in [0.25, 0.3) is 11.7 Å². The second kappa shape index (κ2) is 5.38. The summed E-state index contributed by atoms with van der Waals surface area (Å²) in [5.74, 6) is -1.11. The minimum absolute atomic E-state index is 0.254. The molecule has 19 heavy (non-hydrogen) atoms. The lowest BCUT2D eigenvalue weighted by Gasteiger charge is -2.22. The lowest BCUT2D eigenvalue weighted by molar-refractivity contribution is -0.112. The van der Waals surface area contributed by atoms with E-state index in [0.717, 1.165) is 5.69 Å². The summed E-state index contributed by atoms with van der Waals surface area (Å²) in [6.45, 7) is 0.652. The summed E-state index contributed by atoms with van der Waals surface area (Å²) in [7, 11) is 3.35. The van der Waals surface area contributed by atoms with Gasteiger partial charge in [-0.15, -0.1) is 0 Å². The van der Waals surface area contributed by atoms with Crippen molar-refractivity contribution in [3.05, 3.63) is 23.8 Å². The van der Waals surface area contributed by atoms with E-state index in [0.29, 0.717) is 17.8 Å². The van der Waals surface area contributed by atoms with Crippen molar-refractivity contribution in [3.8, 4) is 0 Å². The van der Waals surface area contributed by atoms with Crippen molar-refractivity contribution < 1.29 is 19.4 Å². The first-order chi connectivity index (χ1) is 9.02. The van der Waals surface area contributed by atoms with Crippen molar-refractivity contribution in [3.63, 3.8) is 0 Å². The fourth-order valence-electron chi connectivity index (χ4n) is 2.04. The number of ketones is 1. The number of hydrogen-bond acceptors (Lipinski definition) is 5.